The van der Waals surface area contributed by atoms with E-state index in [1.165, 1.54) is 6.42 Å². The highest BCUT2D eigenvalue weighted by Gasteiger charge is 2.35. The summed E-state index contributed by atoms with van der Waals surface area (Å²) in [5.41, 5.74) is 1.61. The number of halogens is 1. The molecule has 0 aliphatic carbocycles. The third kappa shape index (κ3) is 2.40. The first-order chi connectivity index (χ1) is 9.83. The van der Waals surface area contributed by atoms with E-state index in [0.717, 1.165) is 37.1 Å². The average Bonchev–Trinajstić information content (AvgIpc) is 3.12. The largest absolute Gasteiger partial charge is 0.338 e. The summed E-state index contributed by atoms with van der Waals surface area (Å²) in [5, 5.41) is 7.79. The van der Waals surface area contributed by atoms with Crippen LogP contribution in [0.15, 0.2) is 30.6 Å². The van der Waals surface area contributed by atoms with Gasteiger partial charge in [-0.3, -0.25) is 4.79 Å². The Kier molecular flexibility index (Phi) is 3.87. The van der Waals surface area contributed by atoms with Crippen LogP contribution in [-0.4, -0.2) is 46.1 Å². The van der Waals surface area contributed by atoms with Gasteiger partial charge in [-0.15, -0.1) is 12.4 Å². The minimum absolute atomic E-state index is 0. The number of amides is 1. The zero-order chi connectivity index (χ0) is 13.5. The predicted octanol–water partition coefficient (Wildman–Crippen LogP) is 1.58. The van der Waals surface area contributed by atoms with E-state index < -0.39 is 0 Å². The molecule has 6 heteroatoms. The average molecular weight is 307 g/mol. The second kappa shape index (κ2) is 5.66. The highest BCUT2D eigenvalue weighted by atomic mass is 35.5. The summed E-state index contributed by atoms with van der Waals surface area (Å²) < 4.78 is 1.76. The van der Waals surface area contributed by atoms with Gasteiger partial charge in [0.1, 0.15) is 0 Å². The van der Waals surface area contributed by atoms with Crippen LogP contribution < -0.4 is 5.32 Å². The van der Waals surface area contributed by atoms with E-state index in [1.54, 1.807) is 10.7 Å². The first kappa shape index (κ1) is 14.4. The smallest absolute Gasteiger partial charge is 0.257 e. The molecule has 2 aromatic heterocycles. The topological polar surface area (TPSA) is 49.6 Å². The van der Waals surface area contributed by atoms with Crippen LogP contribution in [0.25, 0.3) is 5.52 Å². The zero-order valence-electron chi connectivity index (χ0n) is 11.7. The molecule has 1 N–H and O–H groups in total. The molecule has 1 amide bonds. The van der Waals surface area contributed by atoms with E-state index in [1.807, 2.05) is 29.3 Å². The molecule has 2 unspecified atom stereocenters. The summed E-state index contributed by atoms with van der Waals surface area (Å²) >= 11 is 0. The molecule has 2 aliphatic rings. The standard InChI is InChI=1S/C15H18N4O.ClH/c20-15(12-9-17-19-7-2-1-3-14(12)19)18-8-5-13-11(10-18)4-6-16-13;/h1-3,7,9,11,13,16H,4-6,8,10H2;1H. The van der Waals surface area contributed by atoms with Crippen LogP contribution in [0, 0.1) is 5.92 Å². The van der Waals surface area contributed by atoms with Crippen LogP contribution in [0.4, 0.5) is 0 Å². The lowest BCUT2D eigenvalue weighted by Crippen LogP contribution is -2.46. The number of carbonyl (C=O) groups is 1. The first-order valence-corrected chi connectivity index (χ1v) is 7.28. The number of pyridine rings is 1. The number of fused-ring (bicyclic) bond motifs is 2. The van der Waals surface area contributed by atoms with Crippen LogP contribution in [-0.2, 0) is 0 Å². The maximum absolute atomic E-state index is 12.7. The van der Waals surface area contributed by atoms with Crippen LogP contribution in [0.2, 0.25) is 0 Å². The summed E-state index contributed by atoms with van der Waals surface area (Å²) in [6.45, 7) is 2.81. The second-order valence-corrected chi connectivity index (χ2v) is 5.74. The number of nitrogens with zero attached hydrogens (tertiary/aromatic N) is 3. The van der Waals surface area contributed by atoms with Gasteiger partial charge in [0.2, 0.25) is 0 Å². The third-order valence-corrected chi connectivity index (χ3v) is 4.60. The Morgan fingerprint density at radius 3 is 3.14 bits per heavy atom. The number of piperidine rings is 1. The summed E-state index contributed by atoms with van der Waals surface area (Å²) in [5.74, 6) is 0.742. The molecule has 5 nitrogen and oxygen atoms in total. The van der Waals surface area contributed by atoms with Gasteiger partial charge in [0.05, 0.1) is 17.3 Å². The van der Waals surface area contributed by atoms with Gasteiger partial charge in [-0.2, -0.15) is 5.10 Å². The summed E-state index contributed by atoms with van der Waals surface area (Å²) in [7, 11) is 0. The molecule has 0 aromatic carbocycles. The number of nitrogens with one attached hydrogen (secondary N) is 1. The lowest BCUT2D eigenvalue weighted by Gasteiger charge is -2.34. The first-order valence-electron chi connectivity index (χ1n) is 7.28. The molecule has 2 aliphatic heterocycles. The lowest BCUT2D eigenvalue weighted by molar-refractivity contribution is 0.0664. The molecule has 0 saturated carbocycles. The Bertz CT molecular complexity index is 656. The van der Waals surface area contributed by atoms with Crippen LogP contribution in [0.1, 0.15) is 23.2 Å². The fourth-order valence-corrected chi connectivity index (χ4v) is 3.50. The van der Waals surface area contributed by atoms with Crippen molar-refractivity contribution in [2.75, 3.05) is 19.6 Å². The highest BCUT2D eigenvalue weighted by Crippen LogP contribution is 2.26. The molecule has 21 heavy (non-hydrogen) atoms. The lowest BCUT2D eigenvalue weighted by atomic mass is 9.93. The van der Waals surface area contributed by atoms with E-state index in [-0.39, 0.29) is 18.3 Å². The minimum Gasteiger partial charge on any atom is -0.338 e. The van der Waals surface area contributed by atoms with Crippen molar-refractivity contribution in [3.8, 4) is 0 Å². The molecular formula is C15H19ClN4O. The Labute approximate surface area is 129 Å². The summed E-state index contributed by atoms with van der Waals surface area (Å²) in [6.07, 6.45) is 5.81. The number of aromatic nitrogens is 2. The molecule has 2 saturated heterocycles. The molecule has 0 spiro atoms. The van der Waals surface area contributed by atoms with E-state index in [0.29, 0.717) is 12.0 Å². The van der Waals surface area contributed by atoms with Crippen molar-refractivity contribution in [2.24, 2.45) is 5.92 Å². The maximum atomic E-state index is 12.7. The molecule has 0 bridgehead atoms. The monoisotopic (exact) mass is 306 g/mol. The minimum atomic E-state index is 0. The van der Waals surface area contributed by atoms with Gasteiger partial charge in [-0.25, -0.2) is 4.52 Å². The Morgan fingerprint density at radius 1 is 1.33 bits per heavy atom. The predicted molar refractivity (Wildman–Crippen MR) is 82.9 cm³/mol. The summed E-state index contributed by atoms with van der Waals surface area (Å²) in [4.78, 5) is 14.7. The van der Waals surface area contributed by atoms with Crippen molar-refractivity contribution in [2.45, 2.75) is 18.9 Å². The number of hydrogen-bond acceptors (Lipinski definition) is 3. The fourth-order valence-electron chi connectivity index (χ4n) is 3.50. The molecule has 4 heterocycles. The molecule has 112 valence electrons. The van der Waals surface area contributed by atoms with Crippen molar-refractivity contribution in [3.63, 3.8) is 0 Å². The molecular weight excluding hydrogens is 288 g/mol. The maximum Gasteiger partial charge on any atom is 0.257 e. The molecule has 2 aromatic rings. The van der Waals surface area contributed by atoms with Crippen molar-refractivity contribution in [3.05, 3.63) is 36.2 Å². The molecule has 0 radical (unpaired) electrons. The SMILES string of the molecule is Cl.O=C(c1cnn2ccccc12)N1CCC2NCCC2C1. The van der Waals surface area contributed by atoms with Crippen molar-refractivity contribution < 1.29 is 4.79 Å². The quantitative estimate of drug-likeness (QED) is 0.870. The number of carbonyl (C=O) groups excluding carboxylic acids is 1. The highest BCUT2D eigenvalue weighted by molar-refractivity contribution is 6.00. The van der Waals surface area contributed by atoms with Gasteiger partial charge in [-0.05, 0) is 37.4 Å². The van der Waals surface area contributed by atoms with E-state index in [2.05, 4.69) is 10.4 Å². The number of likely N-dealkylation sites (tertiary alicyclic amines) is 1. The molecule has 4 rings (SSSR count). The van der Waals surface area contributed by atoms with Gasteiger partial charge in [0.25, 0.3) is 5.91 Å². The van der Waals surface area contributed by atoms with E-state index >= 15 is 0 Å². The number of rotatable bonds is 1. The Balaban J connectivity index is 0.00000132. The van der Waals surface area contributed by atoms with Gasteiger partial charge in [0.15, 0.2) is 0 Å². The fraction of sp³-hybridized carbons (Fsp3) is 0.467. The molecule has 2 atom stereocenters. The van der Waals surface area contributed by atoms with Gasteiger partial charge < -0.3 is 10.2 Å². The van der Waals surface area contributed by atoms with E-state index in [9.17, 15) is 4.79 Å². The third-order valence-electron chi connectivity index (χ3n) is 4.60. The van der Waals surface area contributed by atoms with Crippen LogP contribution >= 0.6 is 12.4 Å². The molecule has 2 fully saturated rings. The van der Waals surface area contributed by atoms with Crippen molar-refractivity contribution in [1.82, 2.24) is 19.8 Å². The summed E-state index contributed by atoms with van der Waals surface area (Å²) in [6, 6.07) is 6.43. The normalized spacial score (nSPS) is 24.7. The second-order valence-electron chi connectivity index (χ2n) is 5.74. The van der Waals surface area contributed by atoms with Crippen molar-refractivity contribution >= 4 is 23.8 Å². The van der Waals surface area contributed by atoms with Crippen LogP contribution in [0.3, 0.4) is 0 Å². The van der Waals surface area contributed by atoms with E-state index in [4.69, 9.17) is 0 Å². The van der Waals surface area contributed by atoms with Gasteiger partial charge in [0, 0.05) is 25.3 Å². The van der Waals surface area contributed by atoms with Crippen LogP contribution in [0.5, 0.6) is 0 Å². The Hall–Kier alpha value is -1.59. The number of hydrogen-bond donors (Lipinski definition) is 1. The van der Waals surface area contributed by atoms with Gasteiger partial charge >= 0.3 is 0 Å². The Morgan fingerprint density at radius 2 is 2.24 bits per heavy atom. The van der Waals surface area contributed by atoms with Gasteiger partial charge in [-0.1, -0.05) is 6.07 Å². The van der Waals surface area contributed by atoms with Crippen molar-refractivity contribution in [1.29, 1.82) is 0 Å². The zero-order valence-corrected chi connectivity index (χ0v) is 12.6.